The molecule has 0 spiro atoms. The summed E-state index contributed by atoms with van der Waals surface area (Å²) in [4.78, 5) is 10.8. The molecule has 1 rings (SSSR count). The normalized spacial score (nSPS) is 29.9. The third kappa shape index (κ3) is 3.66. The number of primary amides is 1. The molecule has 1 aliphatic carbocycles. The van der Waals surface area contributed by atoms with Gasteiger partial charge in [0.2, 0.25) is 5.91 Å². The van der Waals surface area contributed by atoms with Gasteiger partial charge in [0.05, 0.1) is 0 Å². The number of nitrogens with one attached hydrogen (secondary N) is 1. The van der Waals surface area contributed by atoms with Gasteiger partial charge in [-0.25, -0.2) is 0 Å². The lowest BCUT2D eigenvalue weighted by molar-refractivity contribution is -0.121. The minimum atomic E-state index is -0.207. The third-order valence-electron chi connectivity index (χ3n) is 3.13. The molecule has 0 saturated heterocycles. The highest BCUT2D eigenvalue weighted by Gasteiger charge is 2.19. The quantitative estimate of drug-likeness (QED) is 0.715. The lowest BCUT2D eigenvalue weighted by Crippen LogP contribution is -2.39. The van der Waals surface area contributed by atoms with Crippen molar-refractivity contribution >= 4 is 5.91 Å². The Morgan fingerprint density at radius 1 is 1.57 bits per heavy atom. The van der Waals surface area contributed by atoms with E-state index in [1.807, 2.05) is 6.92 Å². The first-order valence-corrected chi connectivity index (χ1v) is 5.62. The van der Waals surface area contributed by atoms with Gasteiger partial charge in [0, 0.05) is 18.5 Å². The van der Waals surface area contributed by atoms with Crippen LogP contribution in [-0.2, 0) is 4.79 Å². The predicted molar refractivity (Wildman–Crippen MR) is 57.8 cm³/mol. The van der Waals surface area contributed by atoms with Crippen molar-refractivity contribution in [3.05, 3.63) is 0 Å². The molecule has 0 aromatic carbocycles. The fourth-order valence-electron chi connectivity index (χ4n) is 2.06. The van der Waals surface area contributed by atoms with Gasteiger partial charge in [0.1, 0.15) is 0 Å². The van der Waals surface area contributed by atoms with Gasteiger partial charge in [-0.05, 0) is 18.8 Å². The Balaban J connectivity index is 2.20. The van der Waals surface area contributed by atoms with Gasteiger partial charge in [-0.3, -0.25) is 4.79 Å². The Morgan fingerprint density at radius 2 is 2.29 bits per heavy atom. The molecule has 0 aromatic heterocycles. The Hall–Kier alpha value is -0.570. The molecule has 3 heteroatoms. The number of rotatable bonds is 4. The largest absolute Gasteiger partial charge is 0.369 e. The first kappa shape index (κ1) is 11.5. The lowest BCUT2D eigenvalue weighted by atomic mass is 9.87. The van der Waals surface area contributed by atoms with Gasteiger partial charge in [-0.1, -0.05) is 26.7 Å². The molecule has 3 N–H and O–H groups in total. The van der Waals surface area contributed by atoms with Crippen LogP contribution in [0, 0.1) is 11.8 Å². The van der Waals surface area contributed by atoms with Gasteiger partial charge in [0.25, 0.3) is 0 Å². The minimum absolute atomic E-state index is 0.0489. The molecule has 0 aliphatic heterocycles. The van der Waals surface area contributed by atoms with Gasteiger partial charge in [-0.15, -0.1) is 0 Å². The zero-order valence-corrected chi connectivity index (χ0v) is 9.25. The average Bonchev–Trinajstić information content (AvgIpc) is 2.14. The van der Waals surface area contributed by atoms with E-state index < -0.39 is 0 Å². The van der Waals surface area contributed by atoms with Crippen LogP contribution in [0.2, 0.25) is 0 Å². The molecular weight excluding hydrogens is 176 g/mol. The molecule has 0 aromatic rings. The van der Waals surface area contributed by atoms with E-state index in [1.165, 1.54) is 25.7 Å². The van der Waals surface area contributed by atoms with E-state index in [-0.39, 0.29) is 11.8 Å². The van der Waals surface area contributed by atoms with Crippen LogP contribution in [0.4, 0.5) is 0 Å². The summed E-state index contributed by atoms with van der Waals surface area (Å²) in [5, 5.41) is 3.43. The van der Waals surface area contributed by atoms with Gasteiger partial charge < -0.3 is 11.1 Å². The SMILES string of the molecule is CC1CCCC(NCC(C)C(N)=O)C1. The van der Waals surface area contributed by atoms with E-state index in [0.717, 1.165) is 12.5 Å². The van der Waals surface area contributed by atoms with Crippen molar-refractivity contribution < 1.29 is 4.79 Å². The molecule has 1 amide bonds. The minimum Gasteiger partial charge on any atom is -0.369 e. The first-order valence-electron chi connectivity index (χ1n) is 5.62. The number of hydrogen-bond donors (Lipinski definition) is 2. The summed E-state index contributed by atoms with van der Waals surface area (Å²) < 4.78 is 0. The summed E-state index contributed by atoms with van der Waals surface area (Å²) in [6, 6.07) is 0.598. The molecule has 82 valence electrons. The average molecular weight is 198 g/mol. The van der Waals surface area contributed by atoms with Crippen LogP contribution in [0.25, 0.3) is 0 Å². The van der Waals surface area contributed by atoms with Crippen molar-refractivity contribution in [1.29, 1.82) is 0 Å². The van der Waals surface area contributed by atoms with Crippen LogP contribution in [0.5, 0.6) is 0 Å². The van der Waals surface area contributed by atoms with Crippen molar-refractivity contribution in [2.45, 2.75) is 45.6 Å². The fraction of sp³-hybridized carbons (Fsp3) is 0.909. The van der Waals surface area contributed by atoms with Crippen molar-refractivity contribution in [3.63, 3.8) is 0 Å². The maximum absolute atomic E-state index is 10.8. The maximum atomic E-state index is 10.8. The topological polar surface area (TPSA) is 55.1 Å². The Morgan fingerprint density at radius 3 is 2.86 bits per heavy atom. The standard InChI is InChI=1S/C11H22N2O/c1-8-4-3-5-10(6-8)13-7-9(2)11(12)14/h8-10,13H,3-7H2,1-2H3,(H2,12,14). The second kappa shape index (κ2) is 5.35. The van der Waals surface area contributed by atoms with Crippen LogP contribution < -0.4 is 11.1 Å². The van der Waals surface area contributed by atoms with E-state index in [2.05, 4.69) is 12.2 Å². The van der Waals surface area contributed by atoms with E-state index in [1.54, 1.807) is 0 Å². The van der Waals surface area contributed by atoms with Gasteiger partial charge >= 0.3 is 0 Å². The zero-order chi connectivity index (χ0) is 10.6. The number of nitrogens with two attached hydrogens (primary N) is 1. The molecule has 3 nitrogen and oxygen atoms in total. The van der Waals surface area contributed by atoms with Crippen LogP contribution >= 0.6 is 0 Å². The Bertz CT molecular complexity index is 194. The van der Waals surface area contributed by atoms with Crippen molar-refractivity contribution in [1.82, 2.24) is 5.32 Å². The zero-order valence-electron chi connectivity index (χ0n) is 9.25. The maximum Gasteiger partial charge on any atom is 0.221 e. The van der Waals surface area contributed by atoms with E-state index in [0.29, 0.717) is 6.04 Å². The summed E-state index contributed by atoms with van der Waals surface area (Å²) in [5.74, 6) is 0.568. The molecule has 1 saturated carbocycles. The van der Waals surface area contributed by atoms with E-state index in [4.69, 9.17) is 5.73 Å². The molecule has 0 heterocycles. The molecule has 0 bridgehead atoms. The molecule has 3 atom stereocenters. The van der Waals surface area contributed by atoms with E-state index in [9.17, 15) is 4.79 Å². The highest BCUT2D eigenvalue weighted by atomic mass is 16.1. The monoisotopic (exact) mass is 198 g/mol. The van der Waals surface area contributed by atoms with Gasteiger partial charge in [0.15, 0.2) is 0 Å². The lowest BCUT2D eigenvalue weighted by Gasteiger charge is -2.28. The number of carbonyl (C=O) groups is 1. The first-order chi connectivity index (χ1) is 6.59. The van der Waals surface area contributed by atoms with Crippen LogP contribution in [0.15, 0.2) is 0 Å². The van der Waals surface area contributed by atoms with Crippen molar-refractivity contribution in [2.24, 2.45) is 17.6 Å². The summed E-state index contributed by atoms with van der Waals surface area (Å²) in [6.45, 7) is 4.90. The number of amides is 1. The van der Waals surface area contributed by atoms with Gasteiger partial charge in [-0.2, -0.15) is 0 Å². The van der Waals surface area contributed by atoms with E-state index >= 15 is 0 Å². The van der Waals surface area contributed by atoms with Crippen molar-refractivity contribution in [3.8, 4) is 0 Å². The summed E-state index contributed by atoms with van der Waals surface area (Å²) in [7, 11) is 0. The fourth-order valence-corrected chi connectivity index (χ4v) is 2.06. The molecule has 1 aliphatic rings. The second-order valence-corrected chi connectivity index (χ2v) is 4.68. The summed E-state index contributed by atoms with van der Waals surface area (Å²) >= 11 is 0. The van der Waals surface area contributed by atoms with Crippen LogP contribution in [-0.4, -0.2) is 18.5 Å². The second-order valence-electron chi connectivity index (χ2n) is 4.68. The highest BCUT2D eigenvalue weighted by molar-refractivity contribution is 5.76. The van der Waals surface area contributed by atoms with Crippen LogP contribution in [0.1, 0.15) is 39.5 Å². The third-order valence-corrected chi connectivity index (χ3v) is 3.13. The summed E-state index contributed by atoms with van der Waals surface area (Å²) in [6.07, 6.45) is 5.15. The highest BCUT2D eigenvalue weighted by Crippen LogP contribution is 2.23. The molecule has 3 unspecified atom stereocenters. The molecule has 1 fully saturated rings. The Kier molecular flexibility index (Phi) is 4.39. The smallest absolute Gasteiger partial charge is 0.221 e. The molecule has 14 heavy (non-hydrogen) atoms. The Labute approximate surface area is 86.4 Å². The number of hydrogen-bond acceptors (Lipinski definition) is 2. The summed E-state index contributed by atoms with van der Waals surface area (Å²) in [5.41, 5.74) is 5.20. The molecule has 0 radical (unpaired) electrons. The number of carbonyl (C=O) groups excluding carboxylic acids is 1. The molecular formula is C11H22N2O. The van der Waals surface area contributed by atoms with Crippen LogP contribution in [0.3, 0.4) is 0 Å². The van der Waals surface area contributed by atoms with Crippen molar-refractivity contribution in [2.75, 3.05) is 6.54 Å². The predicted octanol–water partition coefficient (Wildman–Crippen LogP) is 1.28.